The molecule has 0 saturated heterocycles. The fraction of sp³-hybridized carbons (Fsp3) is 0.667. The molecule has 3 unspecified atom stereocenters. The summed E-state index contributed by atoms with van der Waals surface area (Å²) in [5, 5.41) is 18.7. The van der Waals surface area contributed by atoms with Crippen LogP contribution in [0.2, 0.25) is 0 Å². The van der Waals surface area contributed by atoms with Crippen molar-refractivity contribution in [2.24, 2.45) is 11.8 Å². The van der Waals surface area contributed by atoms with Crippen molar-refractivity contribution in [3.05, 3.63) is 32.6 Å². The fourth-order valence-electron chi connectivity index (χ4n) is 2.80. The summed E-state index contributed by atoms with van der Waals surface area (Å²) in [6.07, 6.45) is 3.03. The van der Waals surface area contributed by atoms with Gasteiger partial charge < -0.3 is 10.2 Å². The van der Waals surface area contributed by atoms with E-state index < -0.39 is 5.69 Å². The van der Waals surface area contributed by atoms with Gasteiger partial charge in [-0.2, -0.15) is 0 Å². The number of H-pyrrole nitrogens is 1. The van der Waals surface area contributed by atoms with E-state index in [1.807, 2.05) is 0 Å². The highest BCUT2D eigenvalue weighted by molar-refractivity contribution is 5.03. The molecular formula is C12H18N2O4. The minimum absolute atomic E-state index is 0.0127. The van der Waals surface area contributed by atoms with Crippen LogP contribution in [0.25, 0.3) is 0 Å². The molecule has 0 aliphatic heterocycles. The van der Waals surface area contributed by atoms with Gasteiger partial charge in [-0.05, 0) is 25.7 Å². The number of nitrogens with zero attached hydrogens (tertiary/aromatic N) is 1. The molecule has 1 aliphatic rings. The first kappa shape index (κ1) is 13.0. The average Bonchev–Trinajstić information content (AvgIpc) is 2.76. The van der Waals surface area contributed by atoms with Crippen LogP contribution >= 0.6 is 0 Å². The van der Waals surface area contributed by atoms with Crippen molar-refractivity contribution in [1.29, 1.82) is 0 Å². The van der Waals surface area contributed by atoms with Gasteiger partial charge in [-0.15, -0.1) is 0 Å². The third-order valence-corrected chi connectivity index (χ3v) is 3.88. The molecule has 1 heterocycles. The Kier molecular flexibility index (Phi) is 3.68. The molecule has 0 amide bonds. The predicted molar refractivity (Wildman–Crippen MR) is 65.5 cm³/mol. The Morgan fingerprint density at radius 2 is 2.06 bits per heavy atom. The summed E-state index contributed by atoms with van der Waals surface area (Å²) in [6, 6.07) is -0.157. The van der Waals surface area contributed by atoms with E-state index in [0.29, 0.717) is 5.56 Å². The second kappa shape index (κ2) is 5.07. The second-order valence-corrected chi connectivity index (χ2v) is 4.91. The Morgan fingerprint density at radius 1 is 1.33 bits per heavy atom. The molecule has 1 aromatic heterocycles. The molecule has 3 atom stereocenters. The van der Waals surface area contributed by atoms with Crippen molar-refractivity contribution in [2.45, 2.75) is 25.8 Å². The Labute approximate surface area is 104 Å². The lowest BCUT2D eigenvalue weighted by atomic mass is 9.95. The molecule has 6 nitrogen and oxygen atoms in total. The molecule has 2 rings (SSSR count). The van der Waals surface area contributed by atoms with Crippen molar-refractivity contribution in [3.8, 4) is 0 Å². The summed E-state index contributed by atoms with van der Waals surface area (Å²) < 4.78 is 1.48. The fourth-order valence-corrected chi connectivity index (χ4v) is 2.80. The summed E-state index contributed by atoms with van der Waals surface area (Å²) in [6.45, 7) is 1.58. The van der Waals surface area contributed by atoms with E-state index in [9.17, 15) is 19.8 Å². The molecule has 0 bridgehead atoms. The van der Waals surface area contributed by atoms with Crippen molar-refractivity contribution < 1.29 is 10.2 Å². The smallest absolute Gasteiger partial charge is 0.328 e. The van der Waals surface area contributed by atoms with E-state index in [1.165, 1.54) is 10.8 Å². The molecule has 6 heteroatoms. The SMILES string of the molecule is Cc1cn(C2CCC(CO)C2CO)c(=O)[nH]c1=O. The number of aliphatic hydroxyl groups is 2. The van der Waals surface area contributed by atoms with E-state index in [2.05, 4.69) is 4.98 Å². The molecule has 1 aliphatic carbocycles. The van der Waals surface area contributed by atoms with Crippen LogP contribution in [0.5, 0.6) is 0 Å². The van der Waals surface area contributed by atoms with Crippen molar-refractivity contribution >= 4 is 0 Å². The zero-order valence-electron chi connectivity index (χ0n) is 10.3. The molecule has 3 N–H and O–H groups in total. The van der Waals surface area contributed by atoms with Crippen LogP contribution in [0, 0.1) is 18.8 Å². The van der Waals surface area contributed by atoms with Crippen LogP contribution in [0.3, 0.4) is 0 Å². The highest BCUT2D eigenvalue weighted by Crippen LogP contribution is 2.39. The Bertz CT molecular complexity index is 534. The quantitative estimate of drug-likeness (QED) is 0.671. The van der Waals surface area contributed by atoms with Gasteiger partial charge in [-0.1, -0.05) is 0 Å². The van der Waals surface area contributed by atoms with Gasteiger partial charge >= 0.3 is 5.69 Å². The van der Waals surface area contributed by atoms with Crippen LogP contribution in [-0.4, -0.2) is 33.0 Å². The minimum Gasteiger partial charge on any atom is -0.396 e. The monoisotopic (exact) mass is 254 g/mol. The normalized spacial score (nSPS) is 27.6. The third-order valence-electron chi connectivity index (χ3n) is 3.88. The van der Waals surface area contributed by atoms with E-state index in [1.54, 1.807) is 6.92 Å². The first-order chi connectivity index (χ1) is 8.58. The third kappa shape index (κ3) is 2.13. The van der Waals surface area contributed by atoms with Crippen molar-refractivity contribution in [2.75, 3.05) is 13.2 Å². The number of aliphatic hydroxyl groups excluding tert-OH is 2. The van der Waals surface area contributed by atoms with Gasteiger partial charge in [0, 0.05) is 36.9 Å². The number of hydrogen-bond acceptors (Lipinski definition) is 4. The Hall–Kier alpha value is -1.40. The van der Waals surface area contributed by atoms with Gasteiger partial charge in [0.1, 0.15) is 0 Å². The second-order valence-electron chi connectivity index (χ2n) is 4.91. The molecule has 1 aromatic rings. The highest BCUT2D eigenvalue weighted by atomic mass is 16.3. The van der Waals surface area contributed by atoms with E-state index in [4.69, 9.17) is 0 Å². The first-order valence-electron chi connectivity index (χ1n) is 6.12. The van der Waals surface area contributed by atoms with Gasteiger partial charge in [-0.3, -0.25) is 14.3 Å². The Balaban J connectivity index is 2.40. The van der Waals surface area contributed by atoms with Crippen LogP contribution in [0.4, 0.5) is 0 Å². The van der Waals surface area contributed by atoms with Crippen LogP contribution in [0.1, 0.15) is 24.4 Å². The van der Waals surface area contributed by atoms with E-state index in [-0.39, 0.29) is 36.7 Å². The average molecular weight is 254 g/mol. The molecule has 1 saturated carbocycles. The van der Waals surface area contributed by atoms with E-state index in [0.717, 1.165) is 12.8 Å². The molecule has 0 aromatic carbocycles. The first-order valence-corrected chi connectivity index (χ1v) is 6.12. The van der Waals surface area contributed by atoms with Gasteiger partial charge in [0.2, 0.25) is 0 Å². The number of aryl methyl sites for hydroxylation is 1. The molecule has 0 spiro atoms. The van der Waals surface area contributed by atoms with Crippen LogP contribution in [-0.2, 0) is 0 Å². The lowest BCUT2D eigenvalue weighted by molar-refractivity contribution is 0.119. The summed E-state index contributed by atoms with van der Waals surface area (Å²) in [5.41, 5.74) is -0.361. The van der Waals surface area contributed by atoms with Gasteiger partial charge in [0.25, 0.3) is 5.56 Å². The molecule has 18 heavy (non-hydrogen) atoms. The number of nitrogens with one attached hydrogen (secondary N) is 1. The van der Waals surface area contributed by atoms with Gasteiger partial charge in [0.15, 0.2) is 0 Å². The largest absolute Gasteiger partial charge is 0.396 e. The zero-order chi connectivity index (χ0) is 13.3. The molecule has 100 valence electrons. The number of aromatic nitrogens is 2. The molecular weight excluding hydrogens is 236 g/mol. The molecule has 0 radical (unpaired) electrons. The summed E-state index contributed by atoms with van der Waals surface area (Å²) in [4.78, 5) is 25.4. The van der Waals surface area contributed by atoms with Crippen molar-refractivity contribution in [1.82, 2.24) is 9.55 Å². The molecule has 1 fully saturated rings. The van der Waals surface area contributed by atoms with Crippen LogP contribution < -0.4 is 11.2 Å². The number of rotatable bonds is 3. The predicted octanol–water partition coefficient (Wildman–Crippen LogP) is -0.603. The van der Waals surface area contributed by atoms with Gasteiger partial charge in [0.05, 0.1) is 0 Å². The summed E-state index contributed by atoms with van der Waals surface area (Å²) >= 11 is 0. The van der Waals surface area contributed by atoms with Crippen molar-refractivity contribution in [3.63, 3.8) is 0 Å². The highest BCUT2D eigenvalue weighted by Gasteiger charge is 2.36. The maximum Gasteiger partial charge on any atom is 0.328 e. The summed E-state index contributed by atoms with van der Waals surface area (Å²) in [7, 11) is 0. The lowest BCUT2D eigenvalue weighted by Crippen LogP contribution is -2.36. The standard InChI is InChI=1S/C12H18N2O4/c1-7-4-14(12(18)13-11(7)17)10-3-2-8(5-15)9(10)6-16/h4,8-10,15-16H,2-3,5-6H2,1H3,(H,13,17,18). The number of aromatic amines is 1. The Morgan fingerprint density at radius 3 is 2.67 bits per heavy atom. The van der Waals surface area contributed by atoms with E-state index >= 15 is 0 Å². The number of hydrogen-bond donors (Lipinski definition) is 3. The van der Waals surface area contributed by atoms with Crippen LogP contribution in [0.15, 0.2) is 15.8 Å². The van der Waals surface area contributed by atoms with Gasteiger partial charge in [-0.25, -0.2) is 4.79 Å². The zero-order valence-corrected chi connectivity index (χ0v) is 10.3. The topological polar surface area (TPSA) is 95.3 Å². The summed E-state index contributed by atoms with van der Waals surface area (Å²) in [5.74, 6) is -0.128. The maximum atomic E-state index is 11.8. The lowest BCUT2D eigenvalue weighted by Gasteiger charge is -2.23. The maximum absolute atomic E-state index is 11.8. The minimum atomic E-state index is -0.451.